The van der Waals surface area contributed by atoms with Crippen LogP contribution in [0.15, 0.2) is 0 Å². The Morgan fingerprint density at radius 3 is 1.22 bits per heavy atom. The lowest BCUT2D eigenvalue weighted by molar-refractivity contribution is 0.416. The molecule has 0 fully saturated rings. The van der Waals surface area contributed by atoms with Gasteiger partial charge in [-0.3, -0.25) is 4.57 Å². The molecule has 0 spiro atoms. The van der Waals surface area contributed by atoms with Gasteiger partial charge in [0.1, 0.15) is 0 Å². The molecule has 0 atom stereocenters. The number of hydrogen-bond acceptors (Lipinski definition) is 3. The molecule has 6 heteroatoms. The molecular weight excluding hydrogens is 279 g/mol. The molecule has 0 amide bonds. The van der Waals surface area contributed by atoms with Gasteiger partial charge in [-0.2, -0.15) is 0 Å². The summed E-state index contributed by atoms with van der Waals surface area (Å²) < 4.78 is 23.5. The highest BCUT2D eigenvalue weighted by molar-refractivity contribution is 7.37. The first kappa shape index (κ1) is 18.6. The Balaban J connectivity index is 4.09. The standard InChI is InChI=1S/C12H31O3PSi2/c1-5-9-17(10-6-2)14-16(13)15-18(11-7-3)12-8-4/h16-18H,5-12H2,1-4H3. The van der Waals surface area contributed by atoms with E-state index in [1.54, 1.807) is 0 Å². The fraction of sp³-hybridized carbons (Fsp3) is 1.00. The van der Waals surface area contributed by atoms with Crippen LogP contribution in [-0.2, 0) is 13.0 Å². The first-order valence-corrected chi connectivity index (χ1v) is 13.0. The summed E-state index contributed by atoms with van der Waals surface area (Å²) in [6.45, 7) is 8.68. The van der Waals surface area contributed by atoms with Gasteiger partial charge < -0.3 is 8.43 Å². The van der Waals surface area contributed by atoms with Crippen molar-refractivity contribution in [1.29, 1.82) is 0 Å². The van der Waals surface area contributed by atoms with Crippen LogP contribution in [0.4, 0.5) is 0 Å². The lowest BCUT2D eigenvalue weighted by Crippen LogP contribution is -2.17. The fourth-order valence-corrected chi connectivity index (χ4v) is 10.1. The van der Waals surface area contributed by atoms with Crippen molar-refractivity contribution >= 4 is 26.3 Å². The van der Waals surface area contributed by atoms with Gasteiger partial charge in [-0.25, -0.2) is 0 Å². The van der Waals surface area contributed by atoms with Crippen LogP contribution in [0, 0.1) is 0 Å². The summed E-state index contributed by atoms with van der Waals surface area (Å²) in [6, 6.07) is 4.51. The van der Waals surface area contributed by atoms with E-state index in [4.69, 9.17) is 8.43 Å². The van der Waals surface area contributed by atoms with Crippen LogP contribution in [0.2, 0.25) is 24.2 Å². The minimum Gasteiger partial charge on any atom is -0.357 e. The monoisotopic (exact) mass is 310 g/mol. The van der Waals surface area contributed by atoms with E-state index in [1.807, 2.05) is 0 Å². The average Bonchev–Trinajstić information content (AvgIpc) is 2.30. The van der Waals surface area contributed by atoms with E-state index in [9.17, 15) is 4.57 Å². The topological polar surface area (TPSA) is 35.5 Å². The van der Waals surface area contributed by atoms with Gasteiger partial charge in [0, 0.05) is 0 Å². The van der Waals surface area contributed by atoms with Gasteiger partial charge in [0.15, 0.2) is 18.1 Å². The van der Waals surface area contributed by atoms with E-state index in [0.717, 1.165) is 49.9 Å². The lowest BCUT2D eigenvalue weighted by atomic mass is 10.6. The molecule has 0 aromatic carbocycles. The molecule has 0 bridgehead atoms. The van der Waals surface area contributed by atoms with Crippen LogP contribution in [-0.4, -0.2) is 18.1 Å². The molecule has 18 heavy (non-hydrogen) atoms. The highest BCUT2D eigenvalue weighted by Crippen LogP contribution is 2.31. The zero-order valence-electron chi connectivity index (χ0n) is 12.5. The number of rotatable bonds is 12. The fourth-order valence-electron chi connectivity index (χ4n) is 2.11. The van der Waals surface area contributed by atoms with Crippen LogP contribution in [0.1, 0.15) is 53.4 Å². The average molecular weight is 311 g/mol. The van der Waals surface area contributed by atoms with Crippen molar-refractivity contribution in [2.45, 2.75) is 77.6 Å². The molecule has 0 aromatic rings. The van der Waals surface area contributed by atoms with Crippen LogP contribution in [0.5, 0.6) is 0 Å². The van der Waals surface area contributed by atoms with Crippen molar-refractivity contribution in [2.24, 2.45) is 0 Å². The van der Waals surface area contributed by atoms with Gasteiger partial charge in [0.25, 0.3) is 8.25 Å². The summed E-state index contributed by atoms with van der Waals surface area (Å²) in [6.07, 6.45) is 4.54. The zero-order chi connectivity index (χ0) is 13.8. The third-order valence-corrected chi connectivity index (χ3v) is 12.1. The first-order chi connectivity index (χ1) is 8.67. The molecule has 0 heterocycles. The van der Waals surface area contributed by atoms with E-state index in [1.165, 1.54) is 0 Å². The normalized spacial score (nSPS) is 11.9. The molecule has 3 nitrogen and oxygen atoms in total. The largest absolute Gasteiger partial charge is 0.357 e. The Hall–Kier alpha value is 0.584. The third-order valence-electron chi connectivity index (χ3n) is 2.97. The Bertz CT molecular complexity index is 185. The summed E-state index contributed by atoms with van der Waals surface area (Å²) in [7, 11) is -4.72. The van der Waals surface area contributed by atoms with Crippen molar-refractivity contribution in [3.8, 4) is 0 Å². The lowest BCUT2D eigenvalue weighted by Gasteiger charge is -2.18. The molecule has 0 aliphatic heterocycles. The van der Waals surface area contributed by atoms with Gasteiger partial charge in [-0.15, -0.1) is 0 Å². The summed E-state index contributed by atoms with van der Waals surface area (Å²) >= 11 is 0. The van der Waals surface area contributed by atoms with Gasteiger partial charge >= 0.3 is 0 Å². The smallest absolute Gasteiger partial charge is 0.299 e. The second kappa shape index (κ2) is 12.6. The molecule has 0 unspecified atom stereocenters. The second-order valence-electron chi connectivity index (χ2n) is 4.88. The van der Waals surface area contributed by atoms with Crippen molar-refractivity contribution < 1.29 is 13.0 Å². The maximum Gasteiger partial charge on any atom is 0.299 e. The molecule has 0 aliphatic rings. The van der Waals surface area contributed by atoms with Gasteiger partial charge in [-0.05, 0) is 24.2 Å². The SMILES string of the molecule is CCC[SiH](CCC)O[PH](=O)O[SiH](CCC)CCC. The summed E-state index contributed by atoms with van der Waals surface area (Å²) in [5.41, 5.74) is 0. The molecule has 0 rings (SSSR count). The number of hydrogen-bond donors (Lipinski definition) is 0. The molecule has 0 radical (unpaired) electrons. The quantitative estimate of drug-likeness (QED) is 0.393. The molecule has 0 saturated heterocycles. The summed E-state index contributed by atoms with van der Waals surface area (Å²) in [5, 5.41) is 0. The summed E-state index contributed by atoms with van der Waals surface area (Å²) in [4.78, 5) is 0. The first-order valence-electron chi connectivity index (χ1n) is 7.55. The maximum absolute atomic E-state index is 12.0. The molecule has 0 aliphatic carbocycles. The van der Waals surface area contributed by atoms with E-state index in [-0.39, 0.29) is 0 Å². The minimum absolute atomic E-state index is 1.13. The van der Waals surface area contributed by atoms with Gasteiger partial charge in [0.2, 0.25) is 0 Å². The third kappa shape index (κ3) is 9.51. The molecule has 0 aromatic heterocycles. The molecule has 110 valence electrons. The summed E-state index contributed by atoms with van der Waals surface area (Å²) in [5.74, 6) is 0. The molecular formula is C12H31O3PSi2. The Labute approximate surface area is 117 Å². The highest BCUT2D eigenvalue weighted by atomic mass is 31.1. The van der Waals surface area contributed by atoms with E-state index >= 15 is 0 Å². The van der Waals surface area contributed by atoms with Gasteiger partial charge in [-0.1, -0.05) is 53.4 Å². The predicted octanol–water partition coefficient (Wildman–Crippen LogP) is 4.50. The zero-order valence-corrected chi connectivity index (χ0v) is 15.8. The van der Waals surface area contributed by atoms with E-state index < -0.39 is 26.3 Å². The Morgan fingerprint density at radius 1 is 0.722 bits per heavy atom. The Morgan fingerprint density at radius 2 is 1.00 bits per heavy atom. The van der Waals surface area contributed by atoms with Crippen molar-refractivity contribution in [3.05, 3.63) is 0 Å². The van der Waals surface area contributed by atoms with Crippen LogP contribution in [0.25, 0.3) is 0 Å². The minimum atomic E-state index is -2.20. The van der Waals surface area contributed by atoms with Crippen LogP contribution in [0.3, 0.4) is 0 Å². The van der Waals surface area contributed by atoms with Crippen molar-refractivity contribution in [3.63, 3.8) is 0 Å². The van der Waals surface area contributed by atoms with Gasteiger partial charge in [0.05, 0.1) is 0 Å². The highest BCUT2D eigenvalue weighted by Gasteiger charge is 2.18. The van der Waals surface area contributed by atoms with Crippen molar-refractivity contribution in [1.82, 2.24) is 0 Å². The second-order valence-corrected chi connectivity index (χ2v) is 12.1. The van der Waals surface area contributed by atoms with E-state index in [0.29, 0.717) is 0 Å². The Kier molecular flexibility index (Phi) is 13.0. The van der Waals surface area contributed by atoms with Crippen molar-refractivity contribution in [2.75, 3.05) is 0 Å². The van der Waals surface area contributed by atoms with E-state index in [2.05, 4.69) is 27.7 Å². The maximum atomic E-state index is 12.0. The molecule has 0 N–H and O–H groups in total. The molecule has 0 saturated carbocycles. The van der Waals surface area contributed by atoms with Crippen LogP contribution >= 0.6 is 8.25 Å². The predicted molar refractivity (Wildman–Crippen MR) is 85.9 cm³/mol. The van der Waals surface area contributed by atoms with Crippen LogP contribution < -0.4 is 0 Å².